The van der Waals surface area contributed by atoms with Gasteiger partial charge in [0.15, 0.2) is 0 Å². The molecule has 0 fully saturated rings. The molecule has 0 radical (unpaired) electrons. The second kappa shape index (κ2) is 6.86. The normalized spacial score (nSPS) is 11.1. The molecule has 1 N–H and O–H groups in total. The highest BCUT2D eigenvalue weighted by Crippen LogP contribution is 2.37. The number of aromatic nitrogens is 3. The number of carboxylic acid groups (broad SMARTS) is 1. The van der Waals surface area contributed by atoms with Crippen LogP contribution < -0.4 is 0 Å². The van der Waals surface area contributed by atoms with Crippen molar-refractivity contribution < 1.29 is 14.3 Å². The van der Waals surface area contributed by atoms with Gasteiger partial charge in [-0.25, -0.2) is 4.98 Å². The van der Waals surface area contributed by atoms with E-state index < -0.39 is 5.97 Å². The van der Waals surface area contributed by atoms with Crippen molar-refractivity contribution in [2.24, 2.45) is 0 Å². The van der Waals surface area contributed by atoms with Crippen molar-refractivity contribution in [3.8, 4) is 11.1 Å². The highest BCUT2D eigenvalue weighted by Gasteiger charge is 2.15. The number of nitrogens with zero attached hydrogens (tertiary/aromatic N) is 3. The fraction of sp³-hybridized carbons (Fsp3) is 0.111. The maximum atomic E-state index is 10.7. The molecule has 26 heavy (non-hydrogen) atoms. The molecule has 8 heteroatoms. The van der Waals surface area contributed by atoms with Gasteiger partial charge in [0.2, 0.25) is 11.8 Å². The van der Waals surface area contributed by atoms with Crippen LogP contribution in [-0.4, -0.2) is 26.3 Å². The molecule has 130 valence electrons. The van der Waals surface area contributed by atoms with Gasteiger partial charge >= 0.3 is 5.97 Å². The molecule has 0 aliphatic carbocycles. The van der Waals surface area contributed by atoms with Gasteiger partial charge in [0, 0.05) is 5.56 Å². The minimum atomic E-state index is -1.01. The number of thiazole rings is 1. The van der Waals surface area contributed by atoms with Crippen LogP contribution in [0, 0.1) is 0 Å². The molecule has 0 saturated carbocycles. The number of rotatable bonds is 5. The molecule has 0 aliphatic rings. The number of carboxylic acids is 1. The van der Waals surface area contributed by atoms with Crippen LogP contribution in [0.5, 0.6) is 0 Å². The third kappa shape index (κ3) is 3.31. The average molecular weight is 386 g/mol. The van der Waals surface area contributed by atoms with E-state index in [1.165, 1.54) is 11.3 Å². The lowest BCUT2D eigenvalue weighted by Crippen LogP contribution is -1.99. The Morgan fingerprint density at radius 2 is 1.88 bits per heavy atom. The Hall–Kier alpha value is -2.77. The van der Waals surface area contributed by atoms with Crippen molar-refractivity contribution in [2.45, 2.75) is 12.8 Å². The van der Waals surface area contributed by atoms with E-state index in [0.29, 0.717) is 17.3 Å². The molecule has 0 atom stereocenters. The summed E-state index contributed by atoms with van der Waals surface area (Å²) in [7, 11) is 0. The van der Waals surface area contributed by atoms with E-state index in [4.69, 9.17) is 21.1 Å². The van der Waals surface area contributed by atoms with E-state index >= 15 is 0 Å². The van der Waals surface area contributed by atoms with Crippen molar-refractivity contribution >= 4 is 39.1 Å². The second-order valence-electron chi connectivity index (χ2n) is 5.59. The van der Waals surface area contributed by atoms with E-state index in [0.717, 1.165) is 26.4 Å². The Kier molecular flexibility index (Phi) is 4.40. The largest absolute Gasteiger partial charge is 0.481 e. The average Bonchev–Trinajstić information content (AvgIpc) is 3.23. The van der Waals surface area contributed by atoms with Crippen molar-refractivity contribution in [1.82, 2.24) is 15.2 Å². The summed E-state index contributed by atoms with van der Waals surface area (Å²) in [6.45, 7) is 0. The smallest absolute Gasteiger partial charge is 0.312 e. The summed E-state index contributed by atoms with van der Waals surface area (Å²) >= 11 is 8.07. The zero-order valence-corrected chi connectivity index (χ0v) is 14.9. The number of aliphatic carboxylic acids is 1. The van der Waals surface area contributed by atoms with E-state index in [1.54, 1.807) is 0 Å². The summed E-state index contributed by atoms with van der Waals surface area (Å²) in [5.41, 5.74) is 2.81. The molecule has 2 heterocycles. The minimum absolute atomic E-state index is 0.0815. The summed E-state index contributed by atoms with van der Waals surface area (Å²) < 4.78 is 6.24. The summed E-state index contributed by atoms with van der Waals surface area (Å²) in [4.78, 5) is 15.3. The molecule has 0 aliphatic heterocycles. The Morgan fingerprint density at radius 1 is 1.12 bits per heavy atom. The first-order valence-corrected chi connectivity index (χ1v) is 8.96. The van der Waals surface area contributed by atoms with Gasteiger partial charge in [0.1, 0.15) is 11.4 Å². The van der Waals surface area contributed by atoms with Gasteiger partial charge in [0.05, 0.1) is 21.7 Å². The molecule has 4 aromatic rings. The number of hydrogen-bond donors (Lipinski definition) is 1. The van der Waals surface area contributed by atoms with Crippen molar-refractivity contribution in [1.29, 1.82) is 0 Å². The Labute approximate surface area is 157 Å². The molecule has 0 spiro atoms. The molecule has 2 aromatic heterocycles. The van der Waals surface area contributed by atoms with Gasteiger partial charge in [-0.15, -0.1) is 21.5 Å². The maximum absolute atomic E-state index is 10.7. The summed E-state index contributed by atoms with van der Waals surface area (Å²) in [5, 5.41) is 17.8. The molecule has 0 saturated heterocycles. The third-order valence-corrected chi connectivity index (χ3v) is 5.33. The van der Waals surface area contributed by atoms with Crippen molar-refractivity contribution in [3.63, 3.8) is 0 Å². The predicted octanol–water partition coefficient (Wildman–Crippen LogP) is 4.22. The van der Waals surface area contributed by atoms with E-state index in [-0.39, 0.29) is 12.3 Å². The number of hydrogen-bond acceptors (Lipinski definition) is 6. The molecule has 6 nitrogen and oxygen atoms in total. The van der Waals surface area contributed by atoms with Gasteiger partial charge in [0.25, 0.3) is 0 Å². The first-order valence-electron chi connectivity index (χ1n) is 7.76. The van der Waals surface area contributed by atoms with Crippen LogP contribution in [0.4, 0.5) is 0 Å². The van der Waals surface area contributed by atoms with Gasteiger partial charge in [-0.05, 0) is 11.6 Å². The molecule has 0 bridgehead atoms. The number of halogens is 1. The van der Waals surface area contributed by atoms with Crippen LogP contribution in [0.15, 0.2) is 46.9 Å². The quantitative estimate of drug-likeness (QED) is 0.553. The van der Waals surface area contributed by atoms with Gasteiger partial charge in [-0.2, -0.15) is 0 Å². The van der Waals surface area contributed by atoms with Gasteiger partial charge in [-0.3, -0.25) is 4.79 Å². The monoisotopic (exact) mass is 385 g/mol. The molecular weight excluding hydrogens is 374 g/mol. The van der Waals surface area contributed by atoms with Crippen LogP contribution >= 0.6 is 22.9 Å². The standard InChI is InChI=1S/C18H12ClN3O3S/c19-17-11(10-4-2-1-3-5-10)6-7-12-18(17)26-15(20-12)8-13-21-22-14(25-13)9-16(23)24/h1-7H,8-9H2,(H,23,24). The number of carbonyl (C=O) groups is 1. The highest BCUT2D eigenvalue weighted by molar-refractivity contribution is 7.19. The zero-order chi connectivity index (χ0) is 18.1. The minimum Gasteiger partial charge on any atom is -0.481 e. The number of benzene rings is 2. The SMILES string of the molecule is O=C(O)Cc1nnc(Cc2nc3ccc(-c4ccccc4)c(Cl)c3s2)o1. The lowest BCUT2D eigenvalue weighted by molar-refractivity contribution is -0.136. The van der Waals surface area contributed by atoms with E-state index in [2.05, 4.69) is 15.2 Å². The number of fused-ring (bicyclic) bond motifs is 1. The Bertz CT molecular complexity index is 1090. The van der Waals surface area contributed by atoms with Gasteiger partial charge < -0.3 is 9.52 Å². The van der Waals surface area contributed by atoms with Crippen LogP contribution in [-0.2, 0) is 17.6 Å². The lowest BCUT2D eigenvalue weighted by atomic mass is 10.1. The van der Waals surface area contributed by atoms with E-state index in [9.17, 15) is 4.79 Å². The molecule has 4 rings (SSSR count). The fourth-order valence-corrected chi connectivity index (χ4v) is 3.99. The fourth-order valence-electron chi connectivity index (χ4n) is 2.61. The zero-order valence-electron chi connectivity index (χ0n) is 13.3. The summed E-state index contributed by atoms with van der Waals surface area (Å²) in [6, 6.07) is 13.8. The van der Waals surface area contributed by atoms with E-state index in [1.807, 2.05) is 42.5 Å². The first-order chi connectivity index (χ1) is 12.6. The maximum Gasteiger partial charge on any atom is 0.312 e. The van der Waals surface area contributed by atoms with Crippen LogP contribution in [0.3, 0.4) is 0 Å². The first kappa shape index (κ1) is 16.7. The topological polar surface area (TPSA) is 89.1 Å². The molecule has 0 amide bonds. The third-order valence-electron chi connectivity index (χ3n) is 3.74. The van der Waals surface area contributed by atoms with Crippen LogP contribution in [0.1, 0.15) is 16.8 Å². The second-order valence-corrected chi connectivity index (χ2v) is 7.05. The Balaban J connectivity index is 1.64. The molecule has 0 unspecified atom stereocenters. The highest BCUT2D eigenvalue weighted by atomic mass is 35.5. The summed E-state index contributed by atoms with van der Waals surface area (Å²) in [5.74, 6) is -0.599. The molecular formula is C18H12ClN3O3S. The molecule has 2 aromatic carbocycles. The van der Waals surface area contributed by atoms with Crippen LogP contribution in [0.25, 0.3) is 21.3 Å². The van der Waals surface area contributed by atoms with Crippen LogP contribution in [0.2, 0.25) is 5.02 Å². The van der Waals surface area contributed by atoms with Crippen molar-refractivity contribution in [3.05, 3.63) is 64.3 Å². The summed E-state index contributed by atoms with van der Waals surface area (Å²) in [6.07, 6.45) is 0.0437. The lowest BCUT2D eigenvalue weighted by Gasteiger charge is -2.04. The van der Waals surface area contributed by atoms with Crippen molar-refractivity contribution in [2.75, 3.05) is 0 Å². The predicted molar refractivity (Wildman–Crippen MR) is 98.5 cm³/mol. The van der Waals surface area contributed by atoms with Gasteiger partial charge in [-0.1, -0.05) is 48.0 Å². The Morgan fingerprint density at radius 3 is 2.65 bits per heavy atom.